The van der Waals surface area contributed by atoms with Crippen molar-refractivity contribution in [3.8, 4) is 0 Å². The molecule has 0 aliphatic heterocycles. The van der Waals surface area contributed by atoms with Crippen LogP contribution in [0, 0.1) is 11.8 Å². The summed E-state index contributed by atoms with van der Waals surface area (Å²) in [5, 5.41) is 3.21. The SMILES string of the molecule is CC(C)CN(CC(C)C)c1ncnc(Nc2cccnc2)c1N. The Hall–Kier alpha value is -2.37. The Bertz CT molecular complexity index is 602. The molecular formula is C17H26N6. The zero-order valence-electron chi connectivity index (χ0n) is 14.3. The molecule has 0 aromatic carbocycles. The Kier molecular flexibility index (Phi) is 5.73. The molecule has 0 saturated carbocycles. The molecule has 3 N–H and O–H groups in total. The van der Waals surface area contributed by atoms with E-state index in [1.54, 1.807) is 18.7 Å². The van der Waals surface area contributed by atoms with Gasteiger partial charge in [-0.15, -0.1) is 0 Å². The number of rotatable bonds is 7. The molecule has 2 aromatic rings. The van der Waals surface area contributed by atoms with E-state index < -0.39 is 0 Å². The van der Waals surface area contributed by atoms with Crippen molar-refractivity contribution in [3.05, 3.63) is 30.9 Å². The normalized spacial score (nSPS) is 11.0. The van der Waals surface area contributed by atoms with Crippen LogP contribution in [0.5, 0.6) is 0 Å². The lowest BCUT2D eigenvalue weighted by atomic mass is 10.1. The Morgan fingerprint density at radius 2 is 1.83 bits per heavy atom. The van der Waals surface area contributed by atoms with E-state index >= 15 is 0 Å². The molecule has 6 heteroatoms. The zero-order valence-corrected chi connectivity index (χ0v) is 14.3. The Balaban J connectivity index is 2.29. The smallest absolute Gasteiger partial charge is 0.159 e. The van der Waals surface area contributed by atoms with Gasteiger partial charge < -0.3 is 16.0 Å². The quantitative estimate of drug-likeness (QED) is 0.816. The summed E-state index contributed by atoms with van der Waals surface area (Å²) >= 11 is 0. The van der Waals surface area contributed by atoms with Crippen LogP contribution in [-0.2, 0) is 0 Å². The van der Waals surface area contributed by atoms with Gasteiger partial charge >= 0.3 is 0 Å². The van der Waals surface area contributed by atoms with Crippen LogP contribution >= 0.6 is 0 Å². The summed E-state index contributed by atoms with van der Waals surface area (Å²) < 4.78 is 0. The molecule has 0 unspecified atom stereocenters. The highest BCUT2D eigenvalue weighted by atomic mass is 15.2. The van der Waals surface area contributed by atoms with Gasteiger partial charge in [0.25, 0.3) is 0 Å². The van der Waals surface area contributed by atoms with Crippen LogP contribution in [0.4, 0.5) is 23.0 Å². The molecule has 0 aliphatic rings. The lowest BCUT2D eigenvalue weighted by Gasteiger charge is -2.28. The van der Waals surface area contributed by atoms with Gasteiger partial charge in [0, 0.05) is 19.3 Å². The van der Waals surface area contributed by atoms with Crippen molar-refractivity contribution >= 4 is 23.0 Å². The van der Waals surface area contributed by atoms with E-state index in [2.05, 4.69) is 52.9 Å². The first kappa shape index (κ1) is 17.0. The molecule has 0 saturated heterocycles. The van der Waals surface area contributed by atoms with E-state index in [9.17, 15) is 0 Å². The maximum atomic E-state index is 6.33. The summed E-state index contributed by atoms with van der Waals surface area (Å²) in [4.78, 5) is 15.0. The summed E-state index contributed by atoms with van der Waals surface area (Å²) in [6.07, 6.45) is 5.02. The number of hydrogen-bond donors (Lipinski definition) is 2. The molecule has 0 spiro atoms. The number of anilines is 4. The molecule has 0 fully saturated rings. The minimum Gasteiger partial charge on any atom is -0.393 e. The number of nitrogen functional groups attached to an aromatic ring is 1. The van der Waals surface area contributed by atoms with Gasteiger partial charge in [-0.2, -0.15) is 0 Å². The lowest BCUT2D eigenvalue weighted by molar-refractivity contribution is 0.549. The van der Waals surface area contributed by atoms with E-state index in [4.69, 9.17) is 5.73 Å². The average molecular weight is 314 g/mol. The fourth-order valence-corrected chi connectivity index (χ4v) is 2.44. The van der Waals surface area contributed by atoms with Gasteiger partial charge in [0.2, 0.25) is 0 Å². The van der Waals surface area contributed by atoms with Crippen LogP contribution < -0.4 is 16.0 Å². The van der Waals surface area contributed by atoms with Crippen LogP contribution in [0.15, 0.2) is 30.9 Å². The predicted molar refractivity (Wildman–Crippen MR) is 95.9 cm³/mol. The fraction of sp³-hybridized carbons (Fsp3) is 0.471. The first-order chi connectivity index (χ1) is 11.0. The van der Waals surface area contributed by atoms with E-state index in [0.29, 0.717) is 23.3 Å². The van der Waals surface area contributed by atoms with Crippen LogP contribution in [0.1, 0.15) is 27.7 Å². The van der Waals surface area contributed by atoms with Crippen molar-refractivity contribution in [1.29, 1.82) is 0 Å². The molecular weight excluding hydrogens is 288 g/mol. The van der Waals surface area contributed by atoms with E-state index in [-0.39, 0.29) is 0 Å². The summed E-state index contributed by atoms with van der Waals surface area (Å²) in [7, 11) is 0. The lowest BCUT2D eigenvalue weighted by Crippen LogP contribution is -2.32. The van der Waals surface area contributed by atoms with Gasteiger partial charge in [0.1, 0.15) is 12.0 Å². The summed E-state index contributed by atoms with van der Waals surface area (Å²) in [5.41, 5.74) is 7.75. The van der Waals surface area contributed by atoms with Crippen LogP contribution in [-0.4, -0.2) is 28.0 Å². The second-order valence-corrected chi connectivity index (χ2v) is 6.52. The molecule has 0 bridgehead atoms. The Morgan fingerprint density at radius 3 is 2.39 bits per heavy atom. The van der Waals surface area contributed by atoms with Gasteiger partial charge in [-0.05, 0) is 24.0 Å². The molecule has 2 heterocycles. The van der Waals surface area contributed by atoms with E-state index in [0.717, 1.165) is 24.6 Å². The molecule has 23 heavy (non-hydrogen) atoms. The molecule has 2 rings (SSSR count). The molecule has 124 valence electrons. The van der Waals surface area contributed by atoms with E-state index in [1.165, 1.54) is 0 Å². The molecule has 6 nitrogen and oxygen atoms in total. The second kappa shape index (κ2) is 7.76. The van der Waals surface area contributed by atoms with Gasteiger partial charge in [0.05, 0.1) is 11.9 Å². The fourth-order valence-electron chi connectivity index (χ4n) is 2.44. The summed E-state index contributed by atoms with van der Waals surface area (Å²) in [6.45, 7) is 10.6. The molecule has 0 radical (unpaired) electrons. The predicted octanol–water partition coefficient (Wildman–Crippen LogP) is 3.32. The van der Waals surface area contributed by atoms with Crippen LogP contribution in [0.2, 0.25) is 0 Å². The Labute approximate surface area is 138 Å². The van der Waals surface area contributed by atoms with Crippen LogP contribution in [0.3, 0.4) is 0 Å². The van der Waals surface area contributed by atoms with Crippen LogP contribution in [0.25, 0.3) is 0 Å². The van der Waals surface area contributed by atoms with Gasteiger partial charge in [-0.25, -0.2) is 9.97 Å². The monoisotopic (exact) mass is 314 g/mol. The zero-order chi connectivity index (χ0) is 16.8. The number of hydrogen-bond acceptors (Lipinski definition) is 6. The van der Waals surface area contributed by atoms with Crippen molar-refractivity contribution in [2.24, 2.45) is 11.8 Å². The molecule has 0 amide bonds. The number of aromatic nitrogens is 3. The molecule has 0 aliphatic carbocycles. The minimum absolute atomic E-state index is 0.526. The number of pyridine rings is 1. The maximum absolute atomic E-state index is 6.33. The Morgan fingerprint density at radius 1 is 1.13 bits per heavy atom. The van der Waals surface area contributed by atoms with Crippen molar-refractivity contribution < 1.29 is 0 Å². The number of nitrogens with two attached hydrogens (primary N) is 1. The van der Waals surface area contributed by atoms with E-state index in [1.807, 2.05) is 12.1 Å². The van der Waals surface area contributed by atoms with Gasteiger partial charge in [-0.1, -0.05) is 27.7 Å². The first-order valence-corrected chi connectivity index (χ1v) is 7.99. The van der Waals surface area contributed by atoms with Gasteiger partial charge in [0.15, 0.2) is 11.6 Å². The third-order valence-electron chi connectivity index (χ3n) is 3.26. The number of nitrogens with one attached hydrogen (secondary N) is 1. The standard InChI is InChI=1S/C17H26N6/c1-12(2)9-23(10-13(3)4)17-15(18)16(20-11-21-17)22-14-6-5-7-19-8-14/h5-8,11-13H,9-10,18H2,1-4H3,(H,20,21,22). The topological polar surface area (TPSA) is 80.0 Å². The second-order valence-electron chi connectivity index (χ2n) is 6.52. The summed E-state index contributed by atoms with van der Waals surface area (Å²) in [6, 6.07) is 3.79. The first-order valence-electron chi connectivity index (χ1n) is 7.99. The average Bonchev–Trinajstić information content (AvgIpc) is 2.49. The molecule has 2 aromatic heterocycles. The van der Waals surface area contributed by atoms with Gasteiger partial charge in [-0.3, -0.25) is 4.98 Å². The highest BCUT2D eigenvalue weighted by Crippen LogP contribution is 2.29. The van der Waals surface area contributed by atoms with Crippen molar-refractivity contribution in [2.75, 3.05) is 29.0 Å². The maximum Gasteiger partial charge on any atom is 0.159 e. The highest BCUT2D eigenvalue weighted by Gasteiger charge is 2.17. The highest BCUT2D eigenvalue weighted by molar-refractivity contribution is 5.78. The van der Waals surface area contributed by atoms with Crippen molar-refractivity contribution in [3.63, 3.8) is 0 Å². The summed E-state index contributed by atoms with van der Waals surface area (Å²) in [5.74, 6) is 2.45. The third kappa shape index (κ3) is 4.81. The van der Waals surface area contributed by atoms with Crippen molar-refractivity contribution in [1.82, 2.24) is 15.0 Å². The van der Waals surface area contributed by atoms with Crippen molar-refractivity contribution in [2.45, 2.75) is 27.7 Å². The third-order valence-corrected chi connectivity index (χ3v) is 3.26. The number of nitrogens with zero attached hydrogens (tertiary/aromatic N) is 4. The molecule has 0 atom stereocenters. The largest absolute Gasteiger partial charge is 0.393 e. The minimum atomic E-state index is 0.526.